The quantitative estimate of drug-likeness (QED) is 0.906. The molecule has 1 saturated heterocycles. The Morgan fingerprint density at radius 3 is 2.81 bits per heavy atom. The van der Waals surface area contributed by atoms with Crippen LogP contribution in [0.15, 0.2) is 23.2 Å². The number of benzene rings is 1. The van der Waals surface area contributed by atoms with Gasteiger partial charge >= 0.3 is 5.97 Å². The van der Waals surface area contributed by atoms with E-state index in [0.29, 0.717) is 27.4 Å². The van der Waals surface area contributed by atoms with Gasteiger partial charge in [0.2, 0.25) is 5.91 Å². The first-order valence-electron chi connectivity index (χ1n) is 6.16. The Labute approximate surface area is 135 Å². The van der Waals surface area contributed by atoms with Gasteiger partial charge in [-0.1, -0.05) is 41.0 Å². The van der Waals surface area contributed by atoms with Crippen molar-refractivity contribution in [2.45, 2.75) is 18.6 Å². The Hall–Kier alpha value is -1.24. The Bertz CT molecular complexity index is 621. The molecule has 0 radical (unpaired) electrons. The summed E-state index contributed by atoms with van der Waals surface area (Å²) in [6, 6.07) is 5.04. The molecule has 1 aromatic rings. The van der Waals surface area contributed by atoms with Gasteiger partial charge in [-0.25, -0.2) is 4.99 Å². The summed E-state index contributed by atoms with van der Waals surface area (Å²) >= 11 is 13.1. The van der Waals surface area contributed by atoms with E-state index in [1.165, 1.54) is 4.90 Å². The number of aliphatic imine (C=N–C) groups is 1. The smallest absolute Gasteiger partial charge is 0.305 e. The molecule has 1 fully saturated rings. The number of carboxylic acid groups (broad SMARTS) is 1. The highest BCUT2D eigenvalue weighted by Gasteiger charge is 2.38. The van der Waals surface area contributed by atoms with Gasteiger partial charge in [-0.3, -0.25) is 14.5 Å². The number of nitrogens with zero attached hydrogens (tertiary/aromatic N) is 2. The third-order valence-electron chi connectivity index (χ3n) is 2.84. The van der Waals surface area contributed by atoms with Crippen LogP contribution in [0.1, 0.15) is 13.3 Å². The number of rotatable bonds is 4. The van der Waals surface area contributed by atoms with E-state index < -0.39 is 11.2 Å². The molecule has 1 N–H and O–H groups in total. The van der Waals surface area contributed by atoms with E-state index in [-0.39, 0.29) is 12.3 Å². The first-order valence-corrected chi connectivity index (χ1v) is 7.80. The summed E-state index contributed by atoms with van der Waals surface area (Å²) in [6.07, 6.45) is -0.234. The highest BCUT2D eigenvalue weighted by atomic mass is 35.5. The van der Waals surface area contributed by atoms with Crippen LogP contribution in [0.5, 0.6) is 0 Å². The van der Waals surface area contributed by atoms with Crippen LogP contribution >= 0.6 is 35.0 Å². The number of thioether (sulfide) groups is 1. The fourth-order valence-electron chi connectivity index (χ4n) is 1.86. The summed E-state index contributed by atoms with van der Waals surface area (Å²) in [7, 11) is 0. The zero-order chi connectivity index (χ0) is 15.6. The fraction of sp³-hybridized carbons (Fsp3) is 0.308. The second kappa shape index (κ2) is 6.68. The van der Waals surface area contributed by atoms with Gasteiger partial charge in [0.25, 0.3) is 0 Å². The van der Waals surface area contributed by atoms with E-state index in [0.717, 1.165) is 11.8 Å². The fourth-order valence-corrected chi connectivity index (χ4v) is 3.40. The lowest BCUT2D eigenvalue weighted by atomic mass is 10.3. The monoisotopic (exact) mass is 346 g/mol. The maximum absolute atomic E-state index is 12.1. The molecule has 1 amide bonds. The maximum atomic E-state index is 12.1. The second-order valence-corrected chi connectivity index (χ2v) is 6.21. The minimum absolute atomic E-state index is 0.234. The largest absolute Gasteiger partial charge is 0.481 e. The lowest BCUT2D eigenvalue weighted by Gasteiger charge is -2.13. The molecule has 0 saturated carbocycles. The molecular weight excluding hydrogens is 335 g/mol. The topological polar surface area (TPSA) is 70.0 Å². The zero-order valence-corrected chi connectivity index (χ0v) is 13.4. The summed E-state index contributed by atoms with van der Waals surface area (Å²) in [6.45, 7) is 2.22. The highest BCUT2D eigenvalue weighted by Crippen LogP contribution is 2.36. The number of hydrogen-bond acceptors (Lipinski definition) is 4. The van der Waals surface area contributed by atoms with Crippen molar-refractivity contribution in [3.63, 3.8) is 0 Å². The molecule has 0 bridgehead atoms. The van der Waals surface area contributed by atoms with Crippen molar-refractivity contribution in [1.82, 2.24) is 4.90 Å². The average molecular weight is 347 g/mol. The van der Waals surface area contributed by atoms with Crippen LogP contribution in [-0.4, -0.2) is 38.8 Å². The van der Waals surface area contributed by atoms with Gasteiger partial charge in [0, 0.05) is 6.54 Å². The Morgan fingerprint density at radius 1 is 1.48 bits per heavy atom. The second-order valence-electron chi connectivity index (χ2n) is 4.25. The van der Waals surface area contributed by atoms with Crippen molar-refractivity contribution in [3.05, 3.63) is 28.2 Å². The predicted molar refractivity (Wildman–Crippen MR) is 84.6 cm³/mol. The van der Waals surface area contributed by atoms with E-state index in [4.69, 9.17) is 28.3 Å². The molecule has 0 aromatic heterocycles. The summed E-state index contributed by atoms with van der Waals surface area (Å²) in [5, 5.41) is 9.31. The summed E-state index contributed by atoms with van der Waals surface area (Å²) < 4.78 is 0. The number of hydrogen-bond donors (Lipinski definition) is 1. The van der Waals surface area contributed by atoms with Crippen LogP contribution in [0.2, 0.25) is 10.0 Å². The van der Waals surface area contributed by atoms with E-state index >= 15 is 0 Å². The number of amidine groups is 1. The number of carbonyl (C=O) groups is 2. The Morgan fingerprint density at radius 2 is 2.19 bits per heavy atom. The molecule has 8 heteroatoms. The standard InChI is InChI=1S/C13H12Cl2N2O3S/c1-2-17-12(20)9(6-10(18)19)21-13(17)16-8-5-3-4-7(14)11(8)15/h3-5,9H,2,6H2,1H3,(H,18,19). The van der Waals surface area contributed by atoms with E-state index in [9.17, 15) is 9.59 Å². The zero-order valence-electron chi connectivity index (χ0n) is 11.0. The number of aliphatic carboxylic acids is 1. The number of carboxylic acids is 1. The van der Waals surface area contributed by atoms with Gasteiger partial charge in [-0.2, -0.15) is 0 Å². The van der Waals surface area contributed by atoms with Crippen molar-refractivity contribution in [2.75, 3.05) is 6.54 Å². The van der Waals surface area contributed by atoms with Gasteiger partial charge in [0.15, 0.2) is 5.17 Å². The molecular formula is C13H12Cl2N2O3S. The first kappa shape index (κ1) is 16.1. The SMILES string of the molecule is CCN1C(=O)C(CC(=O)O)SC1=Nc1cccc(Cl)c1Cl. The molecule has 1 aliphatic heterocycles. The molecule has 0 aliphatic carbocycles. The van der Waals surface area contributed by atoms with Gasteiger partial charge in [0.05, 0.1) is 22.2 Å². The van der Waals surface area contributed by atoms with Crippen LogP contribution in [-0.2, 0) is 9.59 Å². The normalized spacial score (nSPS) is 20.3. The van der Waals surface area contributed by atoms with Gasteiger partial charge in [-0.05, 0) is 19.1 Å². The number of halogens is 2. The third-order valence-corrected chi connectivity index (χ3v) is 4.83. The highest BCUT2D eigenvalue weighted by molar-refractivity contribution is 8.15. The van der Waals surface area contributed by atoms with Crippen molar-refractivity contribution in [1.29, 1.82) is 0 Å². The first-order chi connectivity index (χ1) is 9.93. The van der Waals surface area contributed by atoms with Gasteiger partial charge < -0.3 is 5.11 Å². The molecule has 1 heterocycles. The minimum atomic E-state index is -1.01. The van der Waals surface area contributed by atoms with Gasteiger partial charge in [-0.15, -0.1) is 0 Å². The van der Waals surface area contributed by atoms with Crippen LogP contribution in [0.4, 0.5) is 5.69 Å². The molecule has 2 rings (SSSR count). The lowest BCUT2D eigenvalue weighted by Crippen LogP contribution is -2.32. The van der Waals surface area contributed by atoms with Crippen LogP contribution in [0, 0.1) is 0 Å². The van der Waals surface area contributed by atoms with Crippen molar-refractivity contribution < 1.29 is 14.7 Å². The van der Waals surface area contributed by atoms with E-state index in [1.807, 2.05) is 0 Å². The Balaban J connectivity index is 2.33. The van der Waals surface area contributed by atoms with Crippen LogP contribution < -0.4 is 0 Å². The number of amides is 1. The van der Waals surface area contributed by atoms with Crippen molar-refractivity contribution >= 4 is 57.7 Å². The molecule has 0 spiro atoms. The third kappa shape index (κ3) is 3.51. The summed E-state index contributed by atoms with van der Waals surface area (Å²) in [5.74, 6) is -1.26. The molecule has 1 unspecified atom stereocenters. The average Bonchev–Trinajstić information content (AvgIpc) is 2.70. The molecule has 1 atom stereocenters. The van der Waals surface area contributed by atoms with Crippen LogP contribution in [0.25, 0.3) is 0 Å². The molecule has 112 valence electrons. The maximum Gasteiger partial charge on any atom is 0.305 e. The van der Waals surface area contributed by atoms with Crippen molar-refractivity contribution in [2.24, 2.45) is 4.99 Å². The van der Waals surface area contributed by atoms with E-state index in [1.54, 1.807) is 25.1 Å². The van der Waals surface area contributed by atoms with E-state index in [2.05, 4.69) is 4.99 Å². The van der Waals surface area contributed by atoms with Gasteiger partial charge in [0.1, 0.15) is 5.25 Å². The molecule has 1 aromatic carbocycles. The molecule has 1 aliphatic rings. The predicted octanol–water partition coefficient (Wildman–Crippen LogP) is 3.42. The molecule has 5 nitrogen and oxygen atoms in total. The number of carbonyl (C=O) groups excluding carboxylic acids is 1. The van der Waals surface area contributed by atoms with Crippen molar-refractivity contribution in [3.8, 4) is 0 Å². The Kier molecular flexibility index (Phi) is 5.13. The molecule has 21 heavy (non-hydrogen) atoms. The minimum Gasteiger partial charge on any atom is -0.481 e. The summed E-state index contributed by atoms with van der Waals surface area (Å²) in [5.41, 5.74) is 0.453. The van der Waals surface area contributed by atoms with Crippen LogP contribution in [0.3, 0.4) is 0 Å². The summed E-state index contributed by atoms with van der Waals surface area (Å²) in [4.78, 5) is 28.7. The lowest BCUT2D eigenvalue weighted by molar-refractivity contribution is -0.139.